The highest BCUT2D eigenvalue weighted by Gasteiger charge is 2.35. The minimum Gasteiger partial charge on any atom is -0.378 e. The van der Waals surface area contributed by atoms with Crippen LogP contribution >= 0.6 is 0 Å². The largest absolute Gasteiger partial charge is 0.378 e. The van der Waals surface area contributed by atoms with Crippen molar-refractivity contribution in [3.05, 3.63) is 0 Å². The second-order valence-corrected chi connectivity index (χ2v) is 7.27. The predicted octanol–water partition coefficient (Wildman–Crippen LogP) is -0.953. The van der Waals surface area contributed by atoms with E-state index in [0.29, 0.717) is 19.8 Å². The van der Waals surface area contributed by atoms with Crippen LogP contribution in [0.4, 0.5) is 0 Å². The van der Waals surface area contributed by atoms with E-state index in [-0.39, 0.29) is 29.9 Å². The Morgan fingerprint density at radius 2 is 1.96 bits per heavy atom. The van der Waals surface area contributed by atoms with Crippen molar-refractivity contribution < 1.29 is 19.1 Å². The van der Waals surface area contributed by atoms with Gasteiger partial charge in [0.05, 0.1) is 19.8 Å². The molecule has 1 aliphatic carbocycles. The van der Waals surface area contributed by atoms with Gasteiger partial charge in [0.2, 0.25) is 11.8 Å². The SMILES string of the molecule is C[C@@H](OCCN(C)C)C(=O)NC1CC(NC(=O)C2COCCN2C)C1. The van der Waals surface area contributed by atoms with Gasteiger partial charge in [0, 0.05) is 25.2 Å². The number of amides is 2. The molecule has 2 amide bonds. The molecule has 1 heterocycles. The Morgan fingerprint density at radius 1 is 1.28 bits per heavy atom. The number of nitrogens with zero attached hydrogens (tertiary/aromatic N) is 2. The van der Waals surface area contributed by atoms with Crippen molar-refractivity contribution in [1.82, 2.24) is 20.4 Å². The average Bonchev–Trinajstić information content (AvgIpc) is 2.52. The van der Waals surface area contributed by atoms with Gasteiger partial charge in [-0.1, -0.05) is 0 Å². The molecule has 8 nitrogen and oxygen atoms in total. The van der Waals surface area contributed by atoms with Crippen molar-refractivity contribution >= 4 is 11.8 Å². The van der Waals surface area contributed by atoms with E-state index in [9.17, 15) is 9.59 Å². The number of rotatable bonds is 8. The predicted molar refractivity (Wildman–Crippen MR) is 94.3 cm³/mol. The van der Waals surface area contributed by atoms with Crippen LogP contribution in [0.25, 0.3) is 0 Å². The van der Waals surface area contributed by atoms with Crippen molar-refractivity contribution in [2.24, 2.45) is 0 Å². The highest BCUT2D eigenvalue weighted by Crippen LogP contribution is 2.20. The average molecular weight is 356 g/mol. The standard InChI is InChI=1S/C17H32N4O4/c1-12(25-8-5-20(2)3)16(22)18-13-9-14(10-13)19-17(23)15-11-24-7-6-21(15)4/h12-15H,5-11H2,1-4H3,(H,18,22)(H,19,23)/t12-,13?,14?,15?/m1/s1. The zero-order chi connectivity index (χ0) is 18.4. The van der Waals surface area contributed by atoms with Crippen molar-refractivity contribution in [2.45, 2.75) is 44.0 Å². The Morgan fingerprint density at radius 3 is 2.60 bits per heavy atom. The number of morpholine rings is 1. The maximum atomic E-state index is 12.3. The summed E-state index contributed by atoms with van der Waals surface area (Å²) in [5, 5.41) is 6.03. The van der Waals surface area contributed by atoms with Gasteiger partial charge < -0.3 is 25.0 Å². The summed E-state index contributed by atoms with van der Waals surface area (Å²) in [7, 11) is 5.87. The molecule has 1 unspecified atom stereocenters. The zero-order valence-electron chi connectivity index (χ0n) is 15.8. The van der Waals surface area contributed by atoms with E-state index < -0.39 is 6.10 Å². The van der Waals surface area contributed by atoms with E-state index in [1.165, 1.54) is 0 Å². The fourth-order valence-corrected chi connectivity index (χ4v) is 2.92. The molecule has 0 aromatic heterocycles. The molecule has 2 fully saturated rings. The van der Waals surface area contributed by atoms with E-state index in [1.807, 2.05) is 30.9 Å². The number of carbonyl (C=O) groups excluding carboxylic acids is 2. The number of hydrogen-bond acceptors (Lipinski definition) is 6. The van der Waals surface area contributed by atoms with Crippen molar-refractivity contribution in [1.29, 1.82) is 0 Å². The van der Waals surface area contributed by atoms with Gasteiger partial charge in [0.1, 0.15) is 12.1 Å². The summed E-state index contributed by atoms with van der Waals surface area (Å²) in [5.41, 5.74) is 0. The first-order chi connectivity index (χ1) is 11.9. The van der Waals surface area contributed by atoms with Crippen LogP contribution in [0.15, 0.2) is 0 Å². The molecule has 8 heteroatoms. The van der Waals surface area contributed by atoms with Crippen LogP contribution in [-0.4, -0.2) is 99.9 Å². The second kappa shape index (κ2) is 9.47. The summed E-state index contributed by atoms with van der Waals surface area (Å²) in [6.45, 7) is 4.97. The van der Waals surface area contributed by atoms with Gasteiger partial charge in [-0.15, -0.1) is 0 Å². The molecule has 0 aromatic carbocycles. The fourth-order valence-electron chi connectivity index (χ4n) is 2.92. The number of hydrogen-bond donors (Lipinski definition) is 2. The smallest absolute Gasteiger partial charge is 0.249 e. The van der Waals surface area contributed by atoms with Crippen LogP contribution in [-0.2, 0) is 19.1 Å². The Kier molecular flexibility index (Phi) is 7.61. The van der Waals surface area contributed by atoms with Gasteiger partial charge in [0.15, 0.2) is 0 Å². The number of likely N-dealkylation sites (N-methyl/N-ethyl adjacent to an activating group) is 2. The third-order valence-corrected chi connectivity index (χ3v) is 4.81. The molecular formula is C17H32N4O4. The minimum absolute atomic E-state index is 0.0114. The van der Waals surface area contributed by atoms with Gasteiger partial charge in [-0.3, -0.25) is 14.5 Å². The van der Waals surface area contributed by atoms with Gasteiger partial charge in [0.25, 0.3) is 0 Å². The molecule has 0 aromatic rings. The van der Waals surface area contributed by atoms with Crippen LogP contribution in [0.1, 0.15) is 19.8 Å². The van der Waals surface area contributed by atoms with Crippen LogP contribution < -0.4 is 10.6 Å². The Labute approximate surface area is 150 Å². The van der Waals surface area contributed by atoms with Crippen LogP contribution in [0.3, 0.4) is 0 Å². The lowest BCUT2D eigenvalue weighted by atomic mass is 9.86. The number of ether oxygens (including phenoxy) is 2. The minimum atomic E-state index is -0.457. The third-order valence-electron chi connectivity index (χ3n) is 4.81. The normalized spacial score (nSPS) is 28.3. The lowest BCUT2D eigenvalue weighted by Crippen LogP contribution is -2.59. The highest BCUT2D eigenvalue weighted by molar-refractivity contribution is 5.83. The van der Waals surface area contributed by atoms with E-state index in [0.717, 1.165) is 25.9 Å². The Balaban J connectivity index is 1.61. The Bertz CT molecular complexity index is 454. The molecule has 0 bridgehead atoms. The van der Waals surface area contributed by atoms with Gasteiger partial charge >= 0.3 is 0 Å². The van der Waals surface area contributed by atoms with E-state index in [2.05, 4.69) is 10.6 Å². The third kappa shape index (κ3) is 6.22. The summed E-state index contributed by atoms with van der Waals surface area (Å²) < 4.78 is 10.9. The monoisotopic (exact) mass is 356 g/mol. The molecule has 0 radical (unpaired) electrons. The van der Waals surface area contributed by atoms with Crippen molar-refractivity contribution in [3.63, 3.8) is 0 Å². The molecule has 1 aliphatic heterocycles. The van der Waals surface area contributed by atoms with Gasteiger partial charge in [-0.05, 0) is 40.9 Å². The van der Waals surface area contributed by atoms with Gasteiger partial charge in [-0.25, -0.2) is 0 Å². The lowest BCUT2D eigenvalue weighted by Gasteiger charge is -2.39. The van der Waals surface area contributed by atoms with E-state index in [1.54, 1.807) is 6.92 Å². The van der Waals surface area contributed by atoms with Gasteiger partial charge in [-0.2, -0.15) is 0 Å². The molecule has 0 spiro atoms. The summed E-state index contributed by atoms with van der Waals surface area (Å²) >= 11 is 0. The molecule has 2 N–H and O–H groups in total. The number of nitrogens with one attached hydrogen (secondary N) is 2. The molecule has 2 rings (SSSR count). The quantitative estimate of drug-likeness (QED) is 0.583. The molecule has 25 heavy (non-hydrogen) atoms. The molecule has 1 saturated carbocycles. The van der Waals surface area contributed by atoms with E-state index in [4.69, 9.17) is 9.47 Å². The van der Waals surface area contributed by atoms with Crippen LogP contribution in [0, 0.1) is 0 Å². The maximum Gasteiger partial charge on any atom is 0.249 e. The first-order valence-electron chi connectivity index (χ1n) is 9.02. The van der Waals surface area contributed by atoms with E-state index >= 15 is 0 Å². The summed E-state index contributed by atoms with van der Waals surface area (Å²) in [4.78, 5) is 28.4. The molecule has 144 valence electrons. The fraction of sp³-hybridized carbons (Fsp3) is 0.882. The first kappa shape index (κ1) is 20.1. The Hall–Kier alpha value is -1.22. The zero-order valence-corrected chi connectivity index (χ0v) is 15.8. The molecule has 2 atom stereocenters. The lowest BCUT2D eigenvalue weighted by molar-refractivity contribution is -0.134. The molecular weight excluding hydrogens is 324 g/mol. The summed E-state index contributed by atoms with van der Waals surface area (Å²) in [5.74, 6) is -0.0775. The van der Waals surface area contributed by atoms with Crippen LogP contribution in [0.2, 0.25) is 0 Å². The first-order valence-corrected chi connectivity index (χ1v) is 9.02. The molecule has 2 aliphatic rings. The van der Waals surface area contributed by atoms with Crippen molar-refractivity contribution in [3.8, 4) is 0 Å². The number of carbonyl (C=O) groups is 2. The topological polar surface area (TPSA) is 83.1 Å². The summed E-state index contributed by atoms with van der Waals surface area (Å²) in [6.07, 6.45) is 1.07. The maximum absolute atomic E-state index is 12.3. The summed E-state index contributed by atoms with van der Waals surface area (Å²) in [6, 6.07) is 0.0173. The van der Waals surface area contributed by atoms with Crippen LogP contribution in [0.5, 0.6) is 0 Å². The molecule has 1 saturated heterocycles. The van der Waals surface area contributed by atoms with Crippen molar-refractivity contribution in [2.75, 3.05) is 54.1 Å². The second-order valence-electron chi connectivity index (χ2n) is 7.27. The highest BCUT2D eigenvalue weighted by atomic mass is 16.5.